The first-order valence-electron chi connectivity index (χ1n) is 16.2. The number of nitrogens with one attached hydrogen (secondary N) is 1. The third-order valence-corrected chi connectivity index (χ3v) is 7.86. The van der Waals surface area contributed by atoms with Crippen LogP contribution in [0.25, 0.3) is 0 Å². The van der Waals surface area contributed by atoms with Gasteiger partial charge in [0.2, 0.25) is 5.91 Å². The Balaban J connectivity index is 1.30. The van der Waals surface area contributed by atoms with Crippen LogP contribution in [0.15, 0.2) is 109 Å². The van der Waals surface area contributed by atoms with Crippen molar-refractivity contribution in [1.82, 2.24) is 0 Å². The lowest BCUT2D eigenvalue weighted by atomic mass is 10.00. The molecule has 0 bridgehead atoms. The summed E-state index contributed by atoms with van der Waals surface area (Å²) in [6.45, 7) is 3.19. The Morgan fingerprint density at radius 2 is 1.41 bits per heavy atom. The minimum absolute atomic E-state index is 0.140. The summed E-state index contributed by atoms with van der Waals surface area (Å²) in [5.74, 6) is -0.370. The molecule has 7 nitrogen and oxygen atoms in total. The van der Waals surface area contributed by atoms with Gasteiger partial charge in [0.15, 0.2) is 5.78 Å². The van der Waals surface area contributed by atoms with Crippen molar-refractivity contribution in [2.24, 2.45) is 0 Å². The van der Waals surface area contributed by atoms with E-state index in [1.807, 2.05) is 65.6 Å². The minimum atomic E-state index is -1.01. The molecule has 46 heavy (non-hydrogen) atoms. The molecule has 4 rings (SSSR count). The van der Waals surface area contributed by atoms with Crippen molar-refractivity contribution in [3.63, 3.8) is 0 Å². The zero-order chi connectivity index (χ0) is 32.6. The molecule has 0 spiro atoms. The molecule has 0 unspecified atom stereocenters. The van der Waals surface area contributed by atoms with E-state index in [4.69, 9.17) is 4.74 Å². The Bertz CT molecular complexity index is 1520. The highest BCUT2D eigenvalue weighted by molar-refractivity contribution is 6.12. The number of benzene rings is 4. The summed E-state index contributed by atoms with van der Waals surface area (Å²) in [5.41, 5.74) is 3.15. The third kappa shape index (κ3) is 10.3. The molecule has 0 saturated heterocycles. The van der Waals surface area contributed by atoms with E-state index in [9.17, 15) is 19.5 Å². The number of carboxylic acid groups (broad SMARTS) is 1. The van der Waals surface area contributed by atoms with Gasteiger partial charge in [-0.15, -0.1) is 0 Å². The number of aliphatic carboxylic acids is 1. The number of para-hydroxylation sites is 2. The van der Waals surface area contributed by atoms with Crippen LogP contribution in [0.2, 0.25) is 0 Å². The van der Waals surface area contributed by atoms with Gasteiger partial charge in [-0.25, -0.2) is 4.79 Å². The summed E-state index contributed by atoms with van der Waals surface area (Å²) in [4.78, 5) is 40.2. The monoisotopic (exact) mass is 620 g/mol. The first-order valence-corrected chi connectivity index (χ1v) is 16.2. The number of hydrogen-bond donors (Lipinski definition) is 2. The quantitative estimate of drug-likeness (QED) is 0.0811. The van der Waals surface area contributed by atoms with Gasteiger partial charge in [0.05, 0.1) is 6.61 Å². The number of ether oxygens (including phenoxy) is 1. The number of hydrogen-bond acceptors (Lipinski definition) is 5. The summed E-state index contributed by atoms with van der Waals surface area (Å²) in [6, 6.07) is 32.1. The maximum atomic E-state index is 13.1. The molecule has 0 fully saturated rings. The molecular weight excluding hydrogens is 576 g/mol. The number of carbonyl (C=O) groups excluding carboxylic acids is 2. The van der Waals surface area contributed by atoms with E-state index >= 15 is 0 Å². The summed E-state index contributed by atoms with van der Waals surface area (Å²) < 4.78 is 5.98. The van der Waals surface area contributed by atoms with Crippen molar-refractivity contribution in [1.29, 1.82) is 0 Å². The molecule has 0 aliphatic carbocycles. The van der Waals surface area contributed by atoms with Crippen LogP contribution in [0.1, 0.15) is 73.4 Å². The fourth-order valence-corrected chi connectivity index (χ4v) is 5.33. The van der Waals surface area contributed by atoms with Crippen molar-refractivity contribution >= 4 is 29.0 Å². The lowest BCUT2D eigenvalue weighted by Crippen LogP contribution is -2.32. The minimum Gasteiger partial charge on any atom is -0.494 e. The van der Waals surface area contributed by atoms with Gasteiger partial charge in [0.1, 0.15) is 11.8 Å². The van der Waals surface area contributed by atoms with Crippen LogP contribution in [-0.4, -0.2) is 42.0 Å². The Morgan fingerprint density at radius 1 is 0.761 bits per heavy atom. The molecule has 1 amide bonds. The Labute approximate surface area is 272 Å². The average Bonchev–Trinajstić information content (AvgIpc) is 3.09. The number of rotatable bonds is 19. The van der Waals surface area contributed by atoms with Gasteiger partial charge in [-0.1, -0.05) is 105 Å². The molecule has 0 aliphatic heterocycles. The van der Waals surface area contributed by atoms with Crippen molar-refractivity contribution in [3.05, 3.63) is 126 Å². The normalized spacial score (nSPS) is 11.4. The highest BCUT2D eigenvalue weighted by atomic mass is 16.5. The second-order valence-corrected chi connectivity index (χ2v) is 11.4. The molecule has 0 aliphatic rings. The molecule has 240 valence electrons. The number of nitrogens with zero attached hydrogens (tertiary/aromatic N) is 1. The molecule has 0 radical (unpaired) electrons. The van der Waals surface area contributed by atoms with Gasteiger partial charge in [-0.3, -0.25) is 9.59 Å². The largest absolute Gasteiger partial charge is 0.494 e. The van der Waals surface area contributed by atoms with Crippen LogP contribution in [0.4, 0.5) is 11.4 Å². The van der Waals surface area contributed by atoms with Crippen molar-refractivity contribution in [2.75, 3.05) is 23.4 Å². The molecule has 7 heteroatoms. The number of unbranched alkanes of at least 4 members (excludes halogenated alkanes) is 4. The van der Waals surface area contributed by atoms with Gasteiger partial charge < -0.3 is 20.1 Å². The van der Waals surface area contributed by atoms with Crippen LogP contribution in [-0.2, 0) is 16.0 Å². The highest BCUT2D eigenvalue weighted by Crippen LogP contribution is 2.22. The average molecular weight is 621 g/mol. The lowest BCUT2D eigenvalue weighted by Gasteiger charge is -2.23. The van der Waals surface area contributed by atoms with Gasteiger partial charge in [-0.2, -0.15) is 0 Å². The van der Waals surface area contributed by atoms with E-state index in [1.54, 1.807) is 48.5 Å². The second-order valence-electron chi connectivity index (χ2n) is 11.4. The number of carbonyl (C=O) groups is 3. The van der Waals surface area contributed by atoms with E-state index in [1.165, 1.54) is 19.3 Å². The highest BCUT2D eigenvalue weighted by Gasteiger charge is 2.21. The van der Waals surface area contributed by atoms with Gasteiger partial charge in [-0.05, 0) is 54.8 Å². The smallest absolute Gasteiger partial charge is 0.326 e. The van der Waals surface area contributed by atoms with Crippen molar-refractivity contribution < 1.29 is 24.2 Å². The number of ketones is 1. The van der Waals surface area contributed by atoms with Gasteiger partial charge in [0, 0.05) is 41.9 Å². The first-order chi connectivity index (χ1) is 22.5. The fourth-order valence-electron chi connectivity index (χ4n) is 5.33. The molecule has 1 atom stereocenters. The van der Waals surface area contributed by atoms with Crippen molar-refractivity contribution in [3.8, 4) is 5.75 Å². The first kappa shape index (κ1) is 34.0. The van der Waals surface area contributed by atoms with E-state index in [2.05, 4.69) is 12.2 Å². The maximum absolute atomic E-state index is 13.1. The van der Waals surface area contributed by atoms with Crippen LogP contribution in [0.5, 0.6) is 5.75 Å². The molecule has 2 N–H and O–H groups in total. The molecule has 0 heterocycles. The van der Waals surface area contributed by atoms with Gasteiger partial charge in [0.25, 0.3) is 0 Å². The van der Waals surface area contributed by atoms with Gasteiger partial charge >= 0.3 is 5.97 Å². The topological polar surface area (TPSA) is 95.9 Å². The SMILES string of the molecule is CCCCCCCC(=O)N(CCCOc1ccc(C[C@H](Nc2ccccc2C(=O)c2ccccc2)C(=O)O)cc1)c1ccccc1. The molecule has 4 aromatic rings. The summed E-state index contributed by atoms with van der Waals surface area (Å²) >= 11 is 0. The lowest BCUT2D eigenvalue weighted by molar-refractivity contribution is -0.137. The second kappa shape index (κ2) is 18.2. The summed E-state index contributed by atoms with van der Waals surface area (Å²) in [7, 11) is 0. The van der Waals surface area contributed by atoms with Crippen LogP contribution >= 0.6 is 0 Å². The Kier molecular flexibility index (Phi) is 13.4. The third-order valence-electron chi connectivity index (χ3n) is 7.86. The predicted molar refractivity (Wildman–Crippen MR) is 184 cm³/mol. The van der Waals surface area contributed by atoms with Crippen LogP contribution < -0.4 is 15.0 Å². The van der Waals surface area contributed by atoms with E-state index in [0.29, 0.717) is 48.6 Å². The summed E-state index contributed by atoms with van der Waals surface area (Å²) in [6.07, 6.45) is 6.97. The molecule has 4 aromatic carbocycles. The molecular formula is C39H44N2O5. The van der Waals surface area contributed by atoms with Crippen LogP contribution in [0, 0.1) is 0 Å². The Hall–Kier alpha value is -4.91. The standard InChI is InChI=1S/C39H44N2O5/c1-2-3-4-5-12-22-37(42)41(32-18-10-7-11-19-32)27-15-28-46-33-25-23-30(24-26-33)29-36(39(44)45)40-35-21-14-13-20-34(35)38(43)31-16-8-6-9-17-31/h6-11,13-14,16-21,23-26,36,40H,2-5,12,15,22,27-29H2,1H3,(H,44,45)/t36-/m0/s1. The van der Waals surface area contributed by atoms with E-state index in [-0.39, 0.29) is 18.1 Å². The molecule has 0 saturated carbocycles. The number of amides is 1. The fraction of sp³-hybridized carbons (Fsp3) is 0.308. The predicted octanol–water partition coefficient (Wildman–Crippen LogP) is 8.19. The zero-order valence-electron chi connectivity index (χ0n) is 26.6. The summed E-state index contributed by atoms with van der Waals surface area (Å²) in [5, 5.41) is 13.1. The van der Waals surface area contributed by atoms with Crippen molar-refractivity contribution in [2.45, 2.75) is 64.3 Å². The molecule has 0 aromatic heterocycles. The van der Waals surface area contributed by atoms with E-state index in [0.717, 1.165) is 24.1 Å². The number of anilines is 2. The Morgan fingerprint density at radius 3 is 2.11 bits per heavy atom. The van der Waals surface area contributed by atoms with E-state index < -0.39 is 12.0 Å². The van der Waals surface area contributed by atoms with Crippen LogP contribution in [0.3, 0.4) is 0 Å². The number of carboxylic acids is 1. The maximum Gasteiger partial charge on any atom is 0.326 e. The zero-order valence-corrected chi connectivity index (χ0v) is 26.6.